The van der Waals surface area contributed by atoms with Crippen LogP contribution in [0.2, 0.25) is 0 Å². The van der Waals surface area contributed by atoms with Gasteiger partial charge in [-0.3, -0.25) is 4.90 Å². The summed E-state index contributed by atoms with van der Waals surface area (Å²) in [7, 11) is 0. The summed E-state index contributed by atoms with van der Waals surface area (Å²) in [6.07, 6.45) is 0. The first-order chi connectivity index (χ1) is 10.1. The normalized spacial score (nSPS) is 13.4. The van der Waals surface area contributed by atoms with E-state index in [4.69, 9.17) is 0 Å². The van der Waals surface area contributed by atoms with Crippen LogP contribution in [0, 0.1) is 0 Å². The van der Waals surface area contributed by atoms with Gasteiger partial charge in [0.25, 0.3) is 0 Å². The molecule has 112 valence electrons. The Hall–Kier alpha value is -1.64. The average Bonchev–Trinajstić information content (AvgIpc) is 2.56. The van der Waals surface area contributed by atoms with E-state index in [1.165, 1.54) is 0 Å². The first-order valence-electron chi connectivity index (χ1n) is 7.72. The highest BCUT2D eigenvalue weighted by Gasteiger charge is 2.39. The van der Waals surface area contributed by atoms with E-state index in [9.17, 15) is 5.11 Å². The van der Waals surface area contributed by atoms with Crippen LogP contribution in [0.25, 0.3) is 0 Å². The largest absolute Gasteiger partial charge is 0.379 e. The molecule has 2 aromatic rings. The molecule has 0 aliphatic carbocycles. The molecule has 0 bridgehead atoms. The van der Waals surface area contributed by atoms with Gasteiger partial charge in [-0.15, -0.1) is 0 Å². The van der Waals surface area contributed by atoms with Gasteiger partial charge in [0.15, 0.2) is 0 Å². The fourth-order valence-corrected chi connectivity index (χ4v) is 3.07. The number of hydrogen-bond donors (Lipinski definition) is 1. The van der Waals surface area contributed by atoms with Gasteiger partial charge in [-0.1, -0.05) is 74.5 Å². The van der Waals surface area contributed by atoms with Gasteiger partial charge in [0.05, 0.1) is 0 Å². The summed E-state index contributed by atoms with van der Waals surface area (Å²) in [4.78, 5) is 2.29. The fraction of sp³-hybridized carbons (Fsp3) is 0.368. The summed E-state index contributed by atoms with van der Waals surface area (Å²) >= 11 is 0. The van der Waals surface area contributed by atoms with Gasteiger partial charge in [0.2, 0.25) is 0 Å². The Bertz CT molecular complexity index is 495. The molecule has 0 aliphatic rings. The molecule has 2 rings (SSSR count). The molecule has 0 amide bonds. The van der Waals surface area contributed by atoms with Crippen LogP contribution in [0.15, 0.2) is 60.7 Å². The van der Waals surface area contributed by atoms with Crippen molar-refractivity contribution in [3.8, 4) is 0 Å². The smallest absolute Gasteiger partial charge is 0.130 e. The predicted octanol–water partition coefficient (Wildman–Crippen LogP) is 3.65. The topological polar surface area (TPSA) is 23.5 Å². The molecule has 0 aromatic heterocycles. The lowest BCUT2D eigenvalue weighted by molar-refractivity contribution is -0.00955. The number of benzene rings is 2. The Kier molecular flexibility index (Phi) is 5.16. The fourth-order valence-electron chi connectivity index (χ4n) is 3.07. The summed E-state index contributed by atoms with van der Waals surface area (Å²) in [5, 5.41) is 11.6. The third-order valence-electron chi connectivity index (χ3n) is 4.39. The lowest BCUT2D eigenvalue weighted by Crippen LogP contribution is -2.49. The molecule has 0 saturated heterocycles. The molecule has 0 fully saturated rings. The molecule has 2 heteroatoms. The average molecular weight is 283 g/mol. The molecular formula is C19H25NO. The van der Waals surface area contributed by atoms with Crippen LogP contribution in [0.5, 0.6) is 0 Å². The Morgan fingerprint density at radius 2 is 1.24 bits per heavy atom. The zero-order valence-electron chi connectivity index (χ0n) is 13.2. The zero-order chi connectivity index (χ0) is 15.3. The van der Waals surface area contributed by atoms with Crippen LogP contribution in [-0.2, 0) is 5.60 Å². The van der Waals surface area contributed by atoms with E-state index in [-0.39, 0.29) is 6.04 Å². The van der Waals surface area contributed by atoms with Crippen LogP contribution in [-0.4, -0.2) is 29.1 Å². The molecule has 1 atom stereocenters. The Labute approximate surface area is 128 Å². The minimum absolute atomic E-state index is 0.00250. The maximum atomic E-state index is 11.6. The molecule has 0 heterocycles. The number of rotatable bonds is 6. The van der Waals surface area contributed by atoms with E-state index in [1.807, 2.05) is 60.7 Å². The summed E-state index contributed by atoms with van der Waals surface area (Å²) in [5.74, 6) is 0. The van der Waals surface area contributed by atoms with Crippen molar-refractivity contribution in [2.24, 2.45) is 0 Å². The van der Waals surface area contributed by atoms with Crippen LogP contribution < -0.4 is 0 Å². The molecule has 1 unspecified atom stereocenters. The number of likely N-dealkylation sites (N-methyl/N-ethyl adjacent to an activating group) is 1. The number of nitrogens with zero attached hydrogens (tertiary/aromatic N) is 1. The van der Waals surface area contributed by atoms with Crippen molar-refractivity contribution in [1.29, 1.82) is 0 Å². The van der Waals surface area contributed by atoms with E-state index in [0.717, 1.165) is 24.2 Å². The van der Waals surface area contributed by atoms with Crippen molar-refractivity contribution < 1.29 is 5.11 Å². The summed E-state index contributed by atoms with van der Waals surface area (Å²) in [5.41, 5.74) is 0.875. The Morgan fingerprint density at radius 3 is 1.57 bits per heavy atom. The molecule has 21 heavy (non-hydrogen) atoms. The summed E-state index contributed by atoms with van der Waals surface area (Å²) < 4.78 is 0. The summed E-state index contributed by atoms with van der Waals surface area (Å²) in [6, 6.07) is 19.9. The molecule has 0 aliphatic heterocycles. The van der Waals surface area contributed by atoms with Crippen molar-refractivity contribution in [2.45, 2.75) is 32.4 Å². The van der Waals surface area contributed by atoms with Crippen molar-refractivity contribution in [3.63, 3.8) is 0 Å². The quantitative estimate of drug-likeness (QED) is 0.874. The van der Waals surface area contributed by atoms with Crippen LogP contribution in [0.3, 0.4) is 0 Å². The maximum Gasteiger partial charge on any atom is 0.130 e. The van der Waals surface area contributed by atoms with Gasteiger partial charge in [-0.05, 0) is 31.1 Å². The highest BCUT2D eigenvalue weighted by Crippen LogP contribution is 2.35. The Morgan fingerprint density at radius 1 is 0.857 bits per heavy atom. The van der Waals surface area contributed by atoms with E-state index in [0.29, 0.717) is 0 Å². The molecule has 2 aromatic carbocycles. The van der Waals surface area contributed by atoms with Gasteiger partial charge < -0.3 is 5.11 Å². The summed E-state index contributed by atoms with van der Waals surface area (Å²) in [6.45, 7) is 8.21. The lowest BCUT2D eigenvalue weighted by Gasteiger charge is -2.41. The zero-order valence-corrected chi connectivity index (χ0v) is 13.2. The third-order valence-corrected chi connectivity index (χ3v) is 4.39. The second-order valence-corrected chi connectivity index (χ2v) is 5.40. The number of aliphatic hydroxyl groups is 1. The molecular weight excluding hydrogens is 258 g/mol. The molecule has 0 saturated carbocycles. The molecule has 0 spiro atoms. The van der Waals surface area contributed by atoms with E-state index in [1.54, 1.807) is 0 Å². The minimum atomic E-state index is -1.01. The first-order valence-corrected chi connectivity index (χ1v) is 7.72. The molecule has 1 N–H and O–H groups in total. The maximum absolute atomic E-state index is 11.6. The van der Waals surface area contributed by atoms with Crippen molar-refractivity contribution in [3.05, 3.63) is 71.8 Å². The van der Waals surface area contributed by atoms with E-state index < -0.39 is 5.60 Å². The van der Waals surface area contributed by atoms with Gasteiger partial charge in [0, 0.05) is 6.04 Å². The predicted molar refractivity (Wildman–Crippen MR) is 88.3 cm³/mol. The standard InChI is InChI=1S/C19H25NO/c1-4-20(5-2)16(3)19(21,17-12-8-6-9-13-17)18-14-10-7-11-15-18/h6-16,21H,4-5H2,1-3H3. The van der Waals surface area contributed by atoms with Crippen LogP contribution >= 0.6 is 0 Å². The number of hydrogen-bond acceptors (Lipinski definition) is 2. The van der Waals surface area contributed by atoms with E-state index in [2.05, 4.69) is 25.7 Å². The lowest BCUT2D eigenvalue weighted by atomic mass is 9.80. The highest BCUT2D eigenvalue weighted by atomic mass is 16.3. The minimum Gasteiger partial charge on any atom is -0.379 e. The van der Waals surface area contributed by atoms with Crippen molar-refractivity contribution in [1.82, 2.24) is 4.90 Å². The second-order valence-electron chi connectivity index (χ2n) is 5.40. The van der Waals surface area contributed by atoms with Crippen molar-refractivity contribution >= 4 is 0 Å². The monoisotopic (exact) mass is 283 g/mol. The third kappa shape index (κ3) is 3.02. The Balaban J connectivity index is 2.54. The van der Waals surface area contributed by atoms with Gasteiger partial charge in [-0.2, -0.15) is 0 Å². The van der Waals surface area contributed by atoms with Crippen molar-refractivity contribution in [2.75, 3.05) is 13.1 Å². The highest BCUT2D eigenvalue weighted by molar-refractivity contribution is 5.37. The first kappa shape index (κ1) is 15.7. The van der Waals surface area contributed by atoms with Gasteiger partial charge in [0.1, 0.15) is 5.60 Å². The van der Waals surface area contributed by atoms with Crippen LogP contribution in [0.1, 0.15) is 31.9 Å². The molecule has 2 nitrogen and oxygen atoms in total. The second kappa shape index (κ2) is 6.88. The molecule has 0 radical (unpaired) electrons. The van der Waals surface area contributed by atoms with E-state index >= 15 is 0 Å². The van der Waals surface area contributed by atoms with Gasteiger partial charge in [-0.25, -0.2) is 0 Å². The SMILES string of the molecule is CCN(CC)C(C)C(O)(c1ccccc1)c1ccccc1. The van der Waals surface area contributed by atoms with Crippen LogP contribution in [0.4, 0.5) is 0 Å². The van der Waals surface area contributed by atoms with Gasteiger partial charge >= 0.3 is 0 Å².